The molecule has 1 aromatic rings. The van der Waals surface area contributed by atoms with Crippen LogP contribution in [-0.4, -0.2) is 49.3 Å². The van der Waals surface area contributed by atoms with E-state index >= 15 is 0 Å². The molecule has 2 unspecified atom stereocenters. The Morgan fingerprint density at radius 1 is 0.955 bits per heavy atom. The fourth-order valence-electron chi connectivity index (χ4n) is 4.13. The second-order valence-corrected chi connectivity index (χ2v) is 7.22. The Bertz CT molecular complexity index is 463. The highest BCUT2D eigenvalue weighted by Crippen LogP contribution is 2.32. The van der Waals surface area contributed by atoms with E-state index in [1.165, 1.54) is 43.4 Å². The van der Waals surface area contributed by atoms with Gasteiger partial charge in [-0.05, 0) is 62.4 Å². The number of rotatable bonds is 3. The van der Waals surface area contributed by atoms with Crippen molar-refractivity contribution in [2.24, 2.45) is 0 Å². The van der Waals surface area contributed by atoms with Gasteiger partial charge in [-0.1, -0.05) is 25.0 Å². The van der Waals surface area contributed by atoms with Gasteiger partial charge in [-0.2, -0.15) is 0 Å². The zero-order chi connectivity index (χ0) is 15.5. The number of aliphatic hydroxyl groups excluding tert-OH is 1. The van der Waals surface area contributed by atoms with Crippen molar-refractivity contribution in [3.05, 3.63) is 29.8 Å². The first-order chi connectivity index (χ1) is 10.6. The first kappa shape index (κ1) is 15.8. The lowest BCUT2D eigenvalue weighted by atomic mass is 9.85. The normalized spacial score (nSPS) is 27.8. The summed E-state index contributed by atoms with van der Waals surface area (Å²) in [6.45, 7) is 2.28. The number of nitrogens with zero attached hydrogens (tertiary/aromatic N) is 2. The Labute approximate surface area is 134 Å². The van der Waals surface area contributed by atoms with E-state index < -0.39 is 0 Å². The maximum absolute atomic E-state index is 10.2. The van der Waals surface area contributed by atoms with E-state index in [4.69, 9.17) is 0 Å². The van der Waals surface area contributed by atoms with Crippen molar-refractivity contribution in [3.63, 3.8) is 0 Å². The number of anilines is 1. The highest BCUT2D eigenvalue weighted by atomic mass is 16.3. The molecular weight excluding hydrogens is 272 g/mol. The lowest BCUT2D eigenvalue weighted by molar-refractivity contribution is 0.00871. The summed E-state index contributed by atoms with van der Waals surface area (Å²) in [4.78, 5) is 4.70. The van der Waals surface area contributed by atoms with Crippen LogP contribution in [0, 0.1) is 0 Å². The fourth-order valence-corrected chi connectivity index (χ4v) is 4.13. The summed E-state index contributed by atoms with van der Waals surface area (Å²) < 4.78 is 0. The third kappa shape index (κ3) is 3.47. The Balaban J connectivity index is 1.57. The molecule has 1 aliphatic heterocycles. The van der Waals surface area contributed by atoms with Crippen LogP contribution in [0.15, 0.2) is 24.3 Å². The van der Waals surface area contributed by atoms with E-state index in [9.17, 15) is 5.11 Å². The van der Waals surface area contributed by atoms with Crippen LogP contribution in [0.5, 0.6) is 0 Å². The standard InChI is InChI=1S/C19H30N2O/c1-20(2)17-9-7-15(8-10-17)16-11-13-21(14-12-16)18-5-3-4-6-19(18)22/h7-10,16,18-19,22H,3-6,11-14H2,1-2H3. The maximum atomic E-state index is 10.2. The van der Waals surface area contributed by atoms with E-state index in [0.717, 1.165) is 19.5 Å². The summed E-state index contributed by atoms with van der Waals surface area (Å²) >= 11 is 0. The molecular formula is C19H30N2O. The van der Waals surface area contributed by atoms with Crippen LogP contribution < -0.4 is 4.90 Å². The molecule has 1 saturated carbocycles. The minimum absolute atomic E-state index is 0.0929. The van der Waals surface area contributed by atoms with E-state index in [-0.39, 0.29) is 6.10 Å². The Morgan fingerprint density at radius 3 is 2.18 bits per heavy atom. The van der Waals surface area contributed by atoms with Crippen LogP contribution in [0.2, 0.25) is 0 Å². The lowest BCUT2D eigenvalue weighted by Crippen LogP contribution is -2.48. The minimum atomic E-state index is -0.0929. The minimum Gasteiger partial charge on any atom is -0.391 e. The number of likely N-dealkylation sites (tertiary alicyclic amines) is 1. The number of piperidine rings is 1. The zero-order valence-corrected chi connectivity index (χ0v) is 14.0. The third-order valence-corrected chi connectivity index (χ3v) is 5.57. The summed E-state index contributed by atoms with van der Waals surface area (Å²) in [5.41, 5.74) is 2.75. The Morgan fingerprint density at radius 2 is 1.59 bits per heavy atom. The Kier molecular flexibility index (Phi) is 5.04. The van der Waals surface area contributed by atoms with Gasteiger partial charge in [0.15, 0.2) is 0 Å². The van der Waals surface area contributed by atoms with Crippen molar-refractivity contribution in [1.29, 1.82) is 0 Å². The van der Waals surface area contributed by atoms with Gasteiger partial charge in [0.25, 0.3) is 0 Å². The highest BCUT2D eigenvalue weighted by Gasteiger charge is 2.31. The molecule has 22 heavy (non-hydrogen) atoms. The molecule has 1 N–H and O–H groups in total. The van der Waals surface area contributed by atoms with Gasteiger partial charge in [-0.15, -0.1) is 0 Å². The number of hydrogen-bond acceptors (Lipinski definition) is 3. The topological polar surface area (TPSA) is 26.7 Å². The average Bonchev–Trinajstić information content (AvgIpc) is 2.56. The SMILES string of the molecule is CN(C)c1ccc(C2CCN(C3CCCCC3O)CC2)cc1. The molecule has 0 spiro atoms. The summed E-state index contributed by atoms with van der Waals surface area (Å²) in [6.07, 6.45) is 7.03. The van der Waals surface area contributed by atoms with Crippen LogP contribution in [0.1, 0.15) is 50.0 Å². The molecule has 122 valence electrons. The summed E-state index contributed by atoms with van der Waals surface area (Å²) in [5, 5.41) is 10.2. The van der Waals surface area contributed by atoms with E-state index in [1.54, 1.807) is 0 Å². The molecule has 2 atom stereocenters. The molecule has 1 saturated heterocycles. The molecule has 3 nitrogen and oxygen atoms in total. The van der Waals surface area contributed by atoms with Gasteiger partial charge in [0, 0.05) is 25.8 Å². The van der Waals surface area contributed by atoms with Gasteiger partial charge in [-0.25, -0.2) is 0 Å². The van der Waals surface area contributed by atoms with Crippen molar-refractivity contribution in [1.82, 2.24) is 4.90 Å². The van der Waals surface area contributed by atoms with Crippen molar-refractivity contribution >= 4 is 5.69 Å². The van der Waals surface area contributed by atoms with Crippen LogP contribution in [0.3, 0.4) is 0 Å². The maximum Gasteiger partial charge on any atom is 0.0695 e. The highest BCUT2D eigenvalue weighted by molar-refractivity contribution is 5.46. The number of aliphatic hydroxyl groups is 1. The molecule has 3 heteroatoms. The molecule has 0 bridgehead atoms. The molecule has 0 aromatic heterocycles. The summed E-state index contributed by atoms with van der Waals surface area (Å²) in [5.74, 6) is 0.688. The first-order valence-electron chi connectivity index (χ1n) is 8.84. The monoisotopic (exact) mass is 302 g/mol. The molecule has 0 radical (unpaired) electrons. The predicted molar refractivity (Wildman–Crippen MR) is 92.6 cm³/mol. The van der Waals surface area contributed by atoms with Gasteiger partial charge >= 0.3 is 0 Å². The van der Waals surface area contributed by atoms with E-state index in [0.29, 0.717) is 12.0 Å². The summed E-state index contributed by atoms with van der Waals surface area (Å²) in [6, 6.07) is 9.47. The largest absolute Gasteiger partial charge is 0.391 e. The zero-order valence-electron chi connectivity index (χ0n) is 14.0. The predicted octanol–water partition coefficient (Wildman–Crippen LogP) is 3.24. The van der Waals surface area contributed by atoms with Gasteiger partial charge in [0.2, 0.25) is 0 Å². The average molecular weight is 302 g/mol. The third-order valence-electron chi connectivity index (χ3n) is 5.57. The van der Waals surface area contributed by atoms with E-state index in [1.807, 2.05) is 0 Å². The van der Waals surface area contributed by atoms with Crippen molar-refractivity contribution < 1.29 is 5.11 Å². The molecule has 1 aliphatic carbocycles. The second-order valence-electron chi connectivity index (χ2n) is 7.22. The van der Waals surface area contributed by atoms with Gasteiger partial charge in [0.05, 0.1) is 6.10 Å². The molecule has 2 aliphatic rings. The summed E-state index contributed by atoms with van der Waals surface area (Å²) in [7, 11) is 4.17. The quantitative estimate of drug-likeness (QED) is 0.928. The smallest absolute Gasteiger partial charge is 0.0695 e. The Hall–Kier alpha value is -1.06. The molecule has 0 amide bonds. The fraction of sp³-hybridized carbons (Fsp3) is 0.684. The van der Waals surface area contributed by atoms with Crippen molar-refractivity contribution in [3.8, 4) is 0 Å². The molecule has 2 fully saturated rings. The van der Waals surface area contributed by atoms with Crippen LogP contribution >= 0.6 is 0 Å². The molecule has 1 aromatic carbocycles. The second kappa shape index (κ2) is 7.01. The van der Waals surface area contributed by atoms with E-state index in [2.05, 4.69) is 48.2 Å². The first-order valence-corrected chi connectivity index (χ1v) is 8.84. The van der Waals surface area contributed by atoms with Crippen LogP contribution in [0.25, 0.3) is 0 Å². The van der Waals surface area contributed by atoms with Crippen molar-refractivity contribution in [2.75, 3.05) is 32.1 Å². The molecule has 1 heterocycles. The van der Waals surface area contributed by atoms with Gasteiger partial charge < -0.3 is 10.0 Å². The number of hydrogen-bond donors (Lipinski definition) is 1. The number of benzene rings is 1. The van der Waals surface area contributed by atoms with Crippen molar-refractivity contribution in [2.45, 2.75) is 56.6 Å². The van der Waals surface area contributed by atoms with Crippen LogP contribution in [0.4, 0.5) is 5.69 Å². The van der Waals surface area contributed by atoms with Gasteiger partial charge in [-0.3, -0.25) is 4.90 Å². The van der Waals surface area contributed by atoms with Gasteiger partial charge in [0.1, 0.15) is 0 Å². The lowest BCUT2D eigenvalue weighted by Gasteiger charge is -2.41. The molecule has 3 rings (SSSR count). The van der Waals surface area contributed by atoms with Crippen LogP contribution in [-0.2, 0) is 0 Å².